The molecule has 2 aliphatic rings. The van der Waals surface area contributed by atoms with Gasteiger partial charge < -0.3 is 9.80 Å². The van der Waals surface area contributed by atoms with Crippen molar-refractivity contribution in [1.29, 1.82) is 0 Å². The van der Waals surface area contributed by atoms with Crippen molar-refractivity contribution in [3.8, 4) is 0 Å². The molecule has 0 bridgehead atoms. The van der Waals surface area contributed by atoms with Gasteiger partial charge in [-0.15, -0.1) is 0 Å². The smallest absolute Gasteiger partial charge is 0.333 e. The van der Waals surface area contributed by atoms with Crippen molar-refractivity contribution < 1.29 is 14.4 Å². The lowest BCUT2D eigenvalue weighted by Gasteiger charge is -2.34. The van der Waals surface area contributed by atoms with E-state index in [2.05, 4.69) is 4.90 Å². The second-order valence-electron chi connectivity index (χ2n) is 7.90. The first-order valence-corrected chi connectivity index (χ1v) is 9.98. The van der Waals surface area contributed by atoms with Crippen LogP contribution in [0.25, 0.3) is 11.7 Å². The highest BCUT2D eigenvalue weighted by atomic mass is 16.2. The molecule has 0 N–H and O–H groups in total. The minimum absolute atomic E-state index is 0.153. The average Bonchev–Trinajstić information content (AvgIpc) is 2.76. The van der Waals surface area contributed by atoms with Crippen LogP contribution in [-0.2, 0) is 9.59 Å². The van der Waals surface area contributed by atoms with Crippen LogP contribution in [-0.4, -0.2) is 89.3 Å². The minimum atomic E-state index is -0.744. The summed E-state index contributed by atoms with van der Waals surface area (Å²) in [5.74, 6) is -1.06. The summed E-state index contributed by atoms with van der Waals surface area (Å²) in [6.45, 7) is 4.77. The first-order chi connectivity index (χ1) is 14.7. The number of aromatic nitrogens is 2. The lowest BCUT2D eigenvalue weighted by Crippen LogP contribution is -2.53. The summed E-state index contributed by atoms with van der Waals surface area (Å²) < 4.78 is 1.41. The highest BCUT2D eigenvalue weighted by Crippen LogP contribution is 2.24. The van der Waals surface area contributed by atoms with E-state index in [9.17, 15) is 19.2 Å². The Kier molecular flexibility index (Phi) is 5.10. The molecule has 162 valence electrons. The zero-order valence-corrected chi connectivity index (χ0v) is 18.0. The number of hydrogen-bond donors (Lipinski definition) is 0. The maximum absolute atomic E-state index is 13.4. The number of imide groups is 2. The van der Waals surface area contributed by atoms with Crippen molar-refractivity contribution in [2.24, 2.45) is 0 Å². The maximum atomic E-state index is 13.4. The number of nitrogens with zero attached hydrogens (tertiary/aromatic N) is 6. The summed E-state index contributed by atoms with van der Waals surface area (Å²) in [5, 5.41) is 0. The fraction of sp³-hybridized carbons (Fsp3) is 0.381. The van der Waals surface area contributed by atoms with Gasteiger partial charge in [0.2, 0.25) is 0 Å². The van der Waals surface area contributed by atoms with Gasteiger partial charge in [0, 0.05) is 46.5 Å². The van der Waals surface area contributed by atoms with E-state index in [1.807, 2.05) is 24.9 Å². The number of carbonyl (C=O) groups is 3. The van der Waals surface area contributed by atoms with Gasteiger partial charge in [-0.1, -0.05) is 6.07 Å². The molecule has 2 aliphatic heterocycles. The lowest BCUT2D eigenvalue weighted by molar-refractivity contribution is -0.134. The summed E-state index contributed by atoms with van der Waals surface area (Å²) in [6.07, 6.45) is 2.89. The van der Waals surface area contributed by atoms with E-state index in [0.29, 0.717) is 24.6 Å². The van der Waals surface area contributed by atoms with Crippen LogP contribution in [0.1, 0.15) is 11.1 Å². The van der Waals surface area contributed by atoms with Gasteiger partial charge in [-0.3, -0.25) is 28.6 Å². The number of carbonyl (C=O) groups excluding carboxylic acids is 3. The van der Waals surface area contributed by atoms with Crippen molar-refractivity contribution in [2.75, 3.05) is 52.2 Å². The van der Waals surface area contributed by atoms with Crippen molar-refractivity contribution in [2.45, 2.75) is 6.92 Å². The maximum Gasteiger partial charge on any atom is 0.333 e. The van der Waals surface area contributed by atoms with Crippen molar-refractivity contribution in [3.05, 3.63) is 45.4 Å². The Morgan fingerprint density at radius 3 is 2.16 bits per heavy atom. The van der Waals surface area contributed by atoms with Gasteiger partial charge in [-0.05, 0) is 31.7 Å². The molecule has 10 heteroatoms. The largest absolute Gasteiger partial charge is 0.353 e. The van der Waals surface area contributed by atoms with Crippen LogP contribution in [0.15, 0.2) is 28.7 Å². The standard InChI is InChI=1S/C21H24N6O4/c1-13-6-5-7-27-16(13)22-17(26-10-8-23(2)9-11-26)14(20(27)30)12-15-18(28)24(3)21(31)25(4)19(15)29/h5-7,12H,8-11H2,1-4H3. The number of fused-ring (bicyclic) bond motifs is 1. The SMILES string of the molecule is Cc1cccn2c(=O)c(C=C3C(=O)N(C)C(=O)N(C)C3=O)c(N3CCN(C)CC3)nc12. The summed E-state index contributed by atoms with van der Waals surface area (Å²) in [4.78, 5) is 61.6. The summed E-state index contributed by atoms with van der Waals surface area (Å²) in [5.41, 5.74) is 0.892. The van der Waals surface area contributed by atoms with E-state index in [1.54, 1.807) is 12.3 Å². The van der Waals surface area contributed by atoms with Gasteiger partial charge in [0.15, 0.2) is 0 Å². The van der Waals surface area contributed by atoms with Gasteiger partial charge in [0.1, 0.15) is 17.0 Å². The third kappa shape index (κ3) is 3.38. The molecule has 2 fully saturated rings. The van der Waals surface area contributed by atoms with E-state index < -0.39 is 17.8 Å². The molecule has 10 nitrogen and oxygen atoms in total. The molecule has 0 unspecified atom stereocenters. The molecule has 4 amide bonds. The molecule has 0 atom stereocenters. The van der Waals surface area contributed by atoms with E-state index in [1.165, 1.54) is 24.6 Å². The molecule has 0 spiro atoms. The summed E-state index contributed by atoms with van der Waals surface area (Å²) in [6, 6.07) is 2.90. The van der Waals surface area contributed by atoms with Crippen LogP contribution in [0.5, 0.6) is 0 Å². The molecule has 2 aromatic heterocycles. The van der Waals surface area contributed by atoms with E-state index in [4.69, 9.17) is 4.98 Å². The van der Waals surface area contributed by atoms with Crippen molar-refractivity contribution >= 4 is 35.4 Å². The number of amides is 4. The third-order valence-electron chi connectivity index (χ3n) is 5.80. The van der Waals surface area contributed by atoms with Gasteiger partial charge in [-0.25, -0.2) is 9.78 Å². The number of piperazine rings is 1. The molecule has 0 aromatic carbocycles. The molecule has 0 radical (unpaired) electrons. The van der Waals surface area contributed by atoms with Crippen LogP contribution in [0.2, 0.25) is 0 Å². The molecule has 0 aliphatic carbocycles. The van der Waals surface area contributed by atoms with Crippen molar-refractivity contribution in [1.82, 2.24) is 24.1 Å². The Labute approximate surface area is 179 Å². The topological polar surface area (TPSA) is 98.5 Å². The number of barbiturate groups is 1. The number of aryl methyl sites for hydroxylation is 1. The van der Waals surface area contributed by atoms with Crippen LogP contribution >= 0.6 is 0 Å². The molecular formula is C21H24N6O4. The van der Waals surface area contributed by atoms with Crippen molar-refractivity contribution in [3.63, 3.8) is 0 Å². The predicted molar refractivity (Wildman–Crippen MR) is 115 cm³/mol. The Hall–Kier alpha value is -3.53. The molecule has 2 aromatic rings. The van der Waals surface area contributed by atoms with Gasteiger partial charge in [0.25, 0.3) is 17.4 Å². The number of pyridine rings is 1. The molecule has 0 saturated carbocycles. The average molecular weight is 424 g/mol. The monoisotopic (exact) mass is 424 g/mol. The first kappa shape index (κ1) is 20.7. The quantitative estimate of drug-likeness (QED) is 0.501. The van der Waals surface area contributed by atoms with Gasteiger partial charge >= 0.3 is 6.03 Å². The molecule has 31 heavy (non-hydrogen) atoms. The Morgan fingerprint density at radius 1 is 0.935 bits per heavy atom. The molecule has 4 heterocycles. The van der Waals surface area contributed by atoms with E-state index >= 15 is 0 Å². The van der Waals surface area contributed by atoms with Gasteiger partial charge in [0.05, 0.1) is 5.56 Å². The number of rotatable bonds is 2. The summed E-state index contributed by atoms with van der Waals surface area (Å²) in [7, 11) is 4.63. The highest BCUT2D eigenvalue weighted by molar-refractivity contribution is 6.30. The number of urea groups is 1. The molecular weight excluding hydrogens is 400 g/mol. The first-order valence-electron chi connectivity index (χ1n) is 9.98. The van der Waals surface area contributed by atoms with Gasteiger partial charge in [-0.2, -0.15) is 0 Å². The number of hydrogen-bond acceptors (Lipinski definition) is 7. The number of anilines is 1. The predicted octanol–water partition coefficient (Wildman–Crippen LogP) is 0.189. The second kappa shape index (κ2) is 7.62. The van der Waals surface area contributed by atoms with Crippen LogP contribution in [0.4, 0.5) is 10.6 Å². The van der Waals surface area contributed by atoms with Crippen LogP contribution < -0.4 is 10.5 Å². The fourth-order valence-corrected chi connectivity index (χ4v) is 3.81. The normalized spacial score (nSPS) is 18.4. The zero-order valence-electron chi connectivity index (χ0n) is 18.0. The Morgan fingerprint density at radius 2 is 1.55 bits per heavy atom. The summed E-state index contributed by atoms with van der Waals surface area (Å²) >= 11 is 0. The lowest BCUT2D eigenvalue weighted by atomic mass is 10.1. The number of likely N-dealkylation sites (N-methyl/N-ethyl adjacent to an activating group) is 3. The second-order valence-corrected chi connectivity index (χ2v) is 7.90. The fourth-order valence-electron chi connectivity index (χ4n) is 3.81. The van der Waals surface area contributed by atoms with E-state index in [0.717, 1.165) is 28.5 Å². The minimum Gasteiger partial charge on any atom is -0.353 e. The third-order valence-corrected chi connectivity index (χ3v) is 5.80. The Bertz CT molecular complexity index is 1170. The highest BCUT2D eigenvalue weighted by Gasteiger charge is 2.38. The van der Waals surface area contributed by atoms with Crippen LogP contribution in [0, 0.1) is 6.92 Å². The molecule has 4 rings (SSSR count). The van der Waals surface area contributed by atoms with E-state index in [-0.39, 0.29) is 16.7 Å². The molecule has 2 saturated heterocycles. The Balaban J connectivity index is 1.95. The zero-order chi connectivity index (χ0) is 22.4. The van der Waals surface area contributed by atoms with Crippen LogP contribution in [0.3, 0.4) is 0 Å².